The van der Waals surface area contributed by atoms with Crippen molar-refractivity contribution in [3.8, 4) is 0 Å². The first kappa shape index (κ1) is 19.1. The van der Waals surface area contributed by atoms with Gasteiger partial charge >= 0.3 is 0 Å². The number of ether oxygens (including phenoxy) is 1. The molecule has 0 aliphatic carbocycles. The van der Waals surface area contributed by atoms with Gasteiger partial charge in [-0.1, -0.05) is 17.7 Å². The van der Waals surface area contributed by atoms with E-state index in [4.69, 9.17) is 16.3 Å². The van der Waals surface area contributed by atoms with Crippen LogP contribution in [0.2, 0.25) is 5.02 Å². The zero-order valence-corrected chi connectivity index (χ0v) is 16.3. The first-order chi connectivity index (χ1) is 12.0. The molecule has 140 valence electrons. The third-order valence-corrected chi connectivity index (χ3v) is 7.40. The molecule has 1 N–H and O–H groups in total. The molecule has 0 unspecified atom stereocenters. The molecule has 2 fully saturated rings. The Labute approximate surface area is 155 Å². The fourth-order valence-corrected chi connectivity index (χ4v) is 5.37. The van der Waals surface area contributed by atoms with Gasteiger partial charge in [0.05, 0.1) is 4.90 Å². The molecule has 2 saturated heterocycles. The summed E-state index contributed by atoms with van der Waals surface area (Å²) in [6.45, 7) is 6.06. The molecule has 1 aromatic rings. The average molecular weight is 387 g/mol. The summed E-state index contributed by atoms with van der Waals surface area (Å²) < 4.78 is 33.3. The number of piperidine rings is 1. The van der Waals surface area contributed by atoms with Crippen molar-refractivity contribution in [1.29, 1.82) is 0 Å². The van der Waals surface area contributed by atoms with Crippen LogP contribution in [0.15, 0.2) is 23.1 Å². The van der Waals surface area contributed by atoms with E-state index < -0.39 is 10.0 Å². The second kappa shape index (κ2) is 8.35. The van der Waals surface area contributed by atoms with Crippen LogP contribution < -0.4 is 4.72 Å². The molecule has 2 aliphatic heterocycles. The molecule has 0 spiro atoms. The highest BCUT2D eigenvalue weighted by molar-refractivity contribution is 7.89. The maximum atomic E-state index is 12.6. The number of rotatable bonds is 5. The number of likely N-dealkylation sites (tertiary alicyclic amines) is 1. The molecule has 0 atom stereocenters. The van der Waals surface area contributed by atoms with E-state index in [-0.39, 0.29) is 4.90 Å². The van der Waals surface area contributed by atoms with Gasteiger partial charge in [0.2, 0.25) is 10.0 Å². The standard InChI is InChI=1S/C18H27ClN2O3S/c1-14-17(19)3-2-4-18(14)25(22,23)20-13-15-5-9-21(10-6-15)16-7-11-24-12-8-16/h2-4,15-16,20H,5-13H2,1H3. The van der Waals surface area contributed by atoms with Crippen LogP contribution in [0.4, 0.5) is 0 Å². The minimum absolute atomic E-state index is 0.277. The van der Waals surface area contributed by atoms with Crippen molar-refractivity contribution < 1.29 is 13.2 Å². The lowest BCUT2D eigenvalue weighted by atomic mass is 9.94. The summed E-state index contributed by atoms with van der Waals surface area (Å²) >= 11 is 6.05. The number of benzene rings is 1. The highest BCUT2D eigenvalue weighted by Gasteiger charge is 2.27. The molecule has 25 heavy (non-hydrogen) atoms. The zero-order valence-electron chi connectivity index (χ0n) is 14.7. The van der Waals surface area contributed by atoms with Crippen molar-refractivity contribution in [2.24, 2.45) is 5.92 Å². The summed E-state index contributed by atoms with van der Waals surface area (Å²) in [7, 11) is -3.51. The van der Waals surface area contributed by atoms with E-state index in [2.05, 4.69) is 9.62 Å². The number of sulfonamides is 1. The van der Waals surface area contributed by atoms with Crippen LogP contribution in [0.3, 0.4) is 0 Å². The van der Waals surface area contributed by atoms with Gasteiger partial charge in [-0.2, -0.15) is 0 Å². The Bertz CT molecular complexity index is 682. The zero-order chi connectivity index (χ0) is 17.9. The maximum absolute atomic E-state index is 12.6. The van der Waals surface area contributed by atoms with Gasteiger partial charge in [0, 0.05) is 30.8 Å². The van der Waals surface area contributed by atoms with Gasteiger partial charge in [0.1, 0.15) is 0 Å². The minimum Gasteiger partial charge on any atom is -0.381 e. The first-order valence-electron chi connectivity index (χ1n) is 9.04. The molecule has 1 aromatic carbocycles. The van der Waals surface area contributed by atoms with Crippen molar-refractivity contribution in [1.82, 2.24) is 9.62 Å². The highest BCUT2D eigenvalue weighted by Crippen LogP contribution is 2.25. The SMILES string of the molecule is Cc1c(Cl)cccc1S(=O)(=O)NCC1CCN(C2CCOCC2)CC1. The van der Waals surface area contributed by atoms with Crippen LogP contribution in [0.5, 0.6) is 0 Å². The monoisotopic (exact) mass is 386 g/mol. The van der Waals surface area contributed by atoms with E-state index >= 15 is 0 Å². The minimum atomic E-state index is -3.51. The van der Waals surface area contributed by atoms with Crippen molar-refractivity contribution in [3.05, 3.63) is 28.8 Å². The molecule has 0 aromatic heterocycles. The Morgan fingerprint density at radius 3 is 2.56 bits per heavy atom. The Balaban J connectivity index is 1.51. The fourth-order valence-electron chi connectivity index (χ4n) is 3.76. The topological polar surface area (TPSA) is 58.6 Å². The lowest BCUT2D eigenvalue weighted by molar-refractivity contribution is 0.0214. The molecule has 2 aliphatic rings. The van der Waals surface area contributed by atoms with Crippen LogP contribution in [-0.4, -0.2) is 52.2 Å². The normalized spacial score (nSPS) is 21.5. The van der Waals surface area contributed by atoms with Crippen molar-refractivity contribution in [2.45, 2.75) is 43.5 Å². The largest absolute Gasteiger partial charge is 0.381 e. The van der Waals surface area contributed by atoms with E-state index in [1.807, 2.05) is 0 Å². The Hall–Kier alpha value is -0.660. The second-order valence-electron chi connectivity index (χ2n) is 7.04. The van der Waals surface area contributed by atoms with Gasteiger partial charge in [-0.25, -0.2) is 13.1 Å². The third-order valence-electron chi connectivity index (χ3n) is 5.43. The molecule has 0 bridgehead atoms. The van der Waals surface area contributed by atoms with Crippen LogP contribution >= 0.6 is 11.6 Å². The molecule has 0 radical (unpaired) electrons. The third kappa shape index (κ3) is 4.74. The summed E-state index contributed by atoms with van der Waals surface area (Å²) in [4.78, 5) is 2.83. The van der Waals surface area contributed by atoms with Crippen LogP contribution in [0.25, 0.3) is 0 Å². The molecule has 7 heteroatoms. The predicted octanol–water partition coefficient (Wildman–Crippen LogP) is 2.82. The Kier molecular flexibility index (Phi) is 6.39. The van der Waals surface area contributed by atoms with Gasteiger partial charge in [0.15, 0.2) is 0 Å². The van der Waals surface area contributed by atoms with E-state index in [0.717, 1.165) is 52.0 Å². The first-order valence-corrected chi connectivity index (χ1v) is 10.9. The summed E-state index contributed by atoms with van der Waals surface area (Å²) in [5.41, 5.74) is 0.603. The van der Waals surface area contributed by atoms with Gasteiger partial charge in [0.25, 0.3) is 0 Å². The highest BCUT2D eigenvalue weighted by atomic mass is 35.5. The van der Waals surface area contributed by atoms with Gasteiger partial charge < -0.3 is 9.64 Å². The lowest BCUT2D eigenvalue weighted by Gasteiger charge is -2.39. The molecule has 3 rings (SSSR count). The average Bonchev–Trinajstić information content (AvgIpc) is 2.63. The number of nitrogens with one attached hydrogen (secondary N) is 1. The smallest absolute Gasteiger partial charge is 0.240 e. The molecule has 2 heterocycles. The predicted molar refractivity (Wildman–Crippen MR) is 99.5 cm³/mol. The summed E-state index contributed by atoms with van der Waals surface area (Å²) in [6, 6.07) is 5.63. The van der Waals surface area contributed by atoms with Gasteiger partial charge in [-0.05, 0) is 69.3 Å². The second-order valence-corrected chi connectivity index (χ2v) is 9.18. The van der Waals surface area contributed by atoms with Crippen LogP contribution in [-0.2, 0) is 14.8 Å². The quantitative estimate of drug-likeness (QED) is 0.845. The summed E-state index contributed by atoms with van der Waals surface area (Å²) in [5.74, 6) is 0.394. The van der Waals surface area contributed by atoms with E-state index in [0.29, 0.717) is 29.1 Å². The lowest BCUT2D eigenvalue weighted by Crippen LogP contribution is -2.45. The Morgan fingerprint density at radius 1 is 1.20 bits per heavy atom. The van der Waals surface area contributed by atoms with Gasteiger partial charge in [-0.15, -0.1) is 0 Å². The molecule has 0 amide bonds. The van der Waals surface area contributed by atoms with E-state index in [1.54, 1.807) is 25.1 Å². The van der Waals surface area contributed by atoms with E-state index in [1.165, 1.54) is 0 Å². The molecular weight excluding hydrogens is 360 g/mol. The number of halogens is 1. The van der Waals surface area contributed by atoms with Crippen molar-refractivity contribution in [2.75, 3.05) is 32.8 Å². The summed E-state index contributed by atoms with van der Waals surface area (Å²) in [6.07, 6.45) is 4.31. The molecule has 0 saturated carbocycles. The van der Waals surface area contributed by atoms with Crippen molar-refractivity contribution >= 4 is 21.6 Å². The fraction of sp³-hybridized carbons (Fsp3) is 0.667. The molecular formula is C18H27ClN2O3S. The number of hydrogen-bond acceptors (Lipinski definition) is 4. The van der Waals surface area contributed by atoms with Crippen molar-refractivity contribution in [3.63, 3.8) is 0 Å². The maximum Gasteiger partial charge on any atom is 0.240 e. The van der Waals surface area contributed by atoms with Crippen LogP contribution in [0.1, 0.15) is 31.2 Å². The number of hydrogen-bond donors (Lipinski definition) is 1. The van der Waals surface area contributed by atoms with E-state index in [9.17, 15) is 8.42 Å². The van der Waals surface area contributed by atoms with Crippen LogP contribution in [0, 0.1) is 12.8 Å². The molecule has 5 nitrogen and oxygen atoms in total. The van der Waals surface area contributed by atoms with Gasteiger partial charge in [-0.3, -0.25) is 0 Å². The summed E-state index contributed by atoms with van der Waals surface area (Å²) in [5, 5.41) is 0.479. The Morgan fingerprint density at radius 2 is 1.88 bits per heavy atom. The number of nitrogens with zero attached hydrogens (tertiary/aromatic N) is 1.